The molecule has 0 heteroatoms. The summed E-state index contributed by atoms with van der Waals surface area (Å²) >= 11 is 0. The van der Waals surface area contributed by atoms with Crippen LogP contribution in [0.1, 0.15) is 151 Å². The monoisotopic (exact) mass is 611 g/mol. The van der Waals surface area contributed by atoms with Crippen molar-refractivity contribution in [2.75, 3.05) is 0 Å². The third-order valence-electron chi connectivity index (χ3n) is 17.2. The summed E-state index contributed by atoms with van der Waals surface area (Å²) in [5, 5.41) is 0. The van der Waals surface area contributed by atoms with Gasteiger partial charge in [-0.05, 0) is 163 Å². The fourth-order valence-electron chi connectivity index (χ4n) is 14.7. The van der Waals surface area contributed by atoms with E-state index in [0.29, 0.717) is 27.1 Å². The first-order valence-electron chi connectivity index (χ1n) is 19.9. The molecule has 0 heterocycles. The molecule has 0 bridgehead atoms. The Morgan fingerprint density at radius 2 is 1.02 bits per heavy atom. The van der Waals surface area contributed by atoms with Crippen molar-refractivity contribution in [3.8, 4) is 0 Å². The number of rotatable bonds is 6. The molecule has 0 N–H and O–H groups in total. The predicted molar refractivity (Wildman–Crippen MR) is 193 cm³/mol. The quantitative estimate of drug-likeness (QED) is 0.281. The zero-order valence-corrected chi connectivity index (χ0v) is 30.8. The zero-order chi connectivity index (χ0) is 32.0. The molecule has 0 nitrogen and oxygen atoms in total. The van der Waals surface area contributed by atoms with Gasteiger partial charge in [-0.1, -0.05) is 105 Å². The average Bonchev–Trinajstić information content (AvgIpc) is 3.65. The first kappa shape index (κ1) is 32.5. The third-order valence-corrected chi connectivity index (χ3v) is 17.2. The lowest BCUT2D eigenvalue weighted by Gasteiger charge is -2.59. The molecule has 6 aliphatic rings. The molecular formula is C45H70. The number of hydrogen-bond donors (Lipinski definition) is 0. The highest BCUT2D eigenvalue weighted by Crippen LogP contribution is 2.73. The Kier molecular flexibility index (Phi) is 8.13. The minimum absolute atomic E-state index is 0.302. The van der Waals surface area contributed by atoms with Gasteiger partial charge >= 0.3 is 0 Å². The van der Waals surface area contributed by atoms with Gasteiger partial charge in [-0.25, -0.2) is 0 Å². The van der Waals surface area contributed by atoms with Crippen LogP contribution in [-0.2, 0) is 5.41 Å². The molecule has 7 rings (SSSR count). The molecule has 1 aromatic carbocycles. The number of benzene rings is 1. The number of fused-ring (bicyclic) bond motifs is 5. The highest BCUT2D eigenvalue weighted by molar-refractivity contribution is 5.32. The zero-order valence-electron chi connectivity index (χ0n) is 30.8. The van der Waals surface area contributed by atoms with Gasteiger partial charge in [0.25, 0.3) is 0 Å². The van der Waals surface area contributed by atoms with Crippen molar-refractivity contribution in [2.45, 2.75) is 151 Å². The van der Waals surface area contributed by atoms with Crippen molar-refractivity contribution < 1.29 is 0 Å². The molecule has 0 aliphatic heterocycles. The Morgan fingerprint density at radius 1 is 0.622 bits per heavy atom. The lowest BCUT2D eigenvalue weighted by atomic mass is 9.46. The molecule has 9 unspecified atom stereocenters. The van der Waals surface area contributed by atoms with E-state index in [2.05, 4.69) is 98.4 Å². The molecule has 0 aromatic heterocycles. The van der Waals surface area contributed by atoms with E-state index >= 15 is 0 Å². The van der Waals surface area contributed by atoms with E-state index in [9.17, 15) is 0 Å². The maximum atomic E-state index is 4.35. The average molecular weight is 611 g/mol. The van der Waals surface area contributed by atoms with Crippen LogP contribution in [0, 0.1) is 80.8 Å². The van der Waals surface area contributed by atoms with Gasteiger partial charge in [-0.2, -0.15) is 0 Å². The summed E-state index contributed by atoms with van der Waals surface area (Å²) in [6, 6.07) is 12.3. The molecule has 0 spiro atoms. The molecule has 9 atom stereocenters. The van der Waals surface area contributed by atoms with Gasteiger partial charge in [0.05, 0.1) is 0 Å². The second-order valence-electron chi connectivity index (χ2n) is 20.7. The summed E-state index contributed by atoms with van der Waals surface area (Å²) in [7, 11) is 0. The SMILES string of the molecule is C=CCCC(c1ccccc1)(C1CCCC1)C1C2CC3C(CC2C2CC4C(CC21)C(C)(C)CCC4(C)C)C(C)(C)CCC3(C)C. The normalized spacial score (nSPS) is 42.4. The van der Waals surface area contributed by atoms with Crippen molar-refractivity contribution in [3.63, 3.8) is 0 Å². The molecule has 0 amide bonds. The second kappa shape index (κ2) is 11.3. The van der Waals surface area contributed by atoms with Gasteiger partial charge in [-0.3, -0.25) is 0 Å². The molecule has 0 saturated heterocycles. The van der Waals surface area contributed by atoms with Crippen molar-refractivity contribution in [2.24, 2.45) is 80.8 Å². The van der Waals surface area contributed by atoms with E-state index in [1.54, 1.807) is 5.56 Å². The first-order chi connectivity index (χ1) is 21.2. The van der Waals surface area contributed by atoms with Gasteiger partial charge in [0.2, 0.25) is 0 Å². The summed E-state index contributed by atoms with van der Waals surface area (Å²) in [6.45, 7) is 25.7. The highest BCUT2D eigenvalue weighted by atomic mass is 14.7. The highest BCUT2D eigenvalue weighted by Gasteiger charge is 2.67. The first-order valence-corrected chi connectivity index (χ1v) is 19.9. The van der Waals surface area contributed by atoms with Crippen LogP contribution in [0.3, 0.4) is 0 Å². The van der Waals surface area contributed by atoms with Crippen LogP contribution in [0.25, 0.3) is 0 Å². The van der Waals surface area contributed by atoms with Crippen molar-refractivity contribution in [1.82, 2.24) is 0 Å². The fourth-order valence-corrected chi connectivity index (χ4v) is 14.7. The van der Waals surface area contributed by atoms with Crippen LogP contribution in [0.5, 0.6) is 0 Å². The summed E-state index contributed by atoms with van der Waals surface area (Å²) in [6.07, 6.45) is 22.4. The smallest absolute Gasteiger partial charge is 0.00179 e. The Bertz CT molecular complexity index is 1150. The number of hydrogen-bond acceptors (Lipinski definition) is 0. The topological polar surface area (TPSA) is 0 Å². The van der Waals surface area contributed by atoms with Crippen LogP contribution in [-0.4, -0.2) is 0 Å². The van der Waals surface area contributed by atoms with Gasteiger partial charge in [0.15, 0.2) is 0 Å². The van der Waals surface area contributed by atoms with E-state index in [-0.39, 0.29) is 0 Å². The van der Waals surface area contributed by atoms with E-state index in [1.807, 2.05) is 0 Å². The lowest BCUT2D eigenvalue weighted by Crippen LogP contribution is -2.53. The minimum atomic E-state index is 0.302. The van der Waals surface area contributed by atoms with Gasteiger partial charge in [-0.15, -0.1) is 6.58 Å². The van der Waals surface area contributed by atoms with Gasteiger partial charge in [0, 0.05) is 5.41 Å². The van der Waals surface area contributed by atoms with E-state index in [1.165, 1.54) is 89.9 Å². The molecule has 6 aliphatic carbocycles. The fraction of sp³-hybridized carbons (Fsp3) is 0.822. The van der Waals surface area contributed by atoms with E-state index < -0.39 is 0 Å². The maximum absolute atomic E-state index is 4.35. The Morgan fingerprint density at radius 3 is 1.42 bits per heavy atom. The molecule has 250 valence electrons. The van der Waals surface area contributed by atoms with Gasteiger partial charge in [0.1, 0.15) is 0 Å². The molecule has 45 heavy (non-hydrogen) atoms. The Hall–Kier alpha value is -1.04. The lowest BCUT2D eigenvalue weighted by molar-refractivity contribution is -0.0969. The molecule has 6 saturated carbocycles. The van der Waals surface area contributed by atoms with Crippen LogP contribution in [0.4, 0.5) is 0 Å². The summed E-state index contributed by atoms with van der Waals surface area (Å²) in [5.74, 6) is 8.91. The second-order valence-corrected chi connectivity index (χ2v) is 20.7. The Labute approximate surface area is 279 Å². The molecule has 0 radical (unpaired) electrons. The van der Waals surface area contributed by atoms with E-state index in [4.69, 9.17) is 0 Å². The largest absolute Gasteiger partial charge is 0.103 e. The molecular weight excluding hydrogens is 540 g/mol. The maximum Gasteiger partial charge on any atom is 0.00179 e. The minimum Gasteiger partial charge on any atom is -0.103 e. The van der Waals surface area contributed by atoms with Crippen LogP contribution >= 0.6 is 0 Å². The van der Waals surface area contributed by atoms with Crippen molar-refractivity contribution in [1.29, 1.82) is 0 Å². The predicted octanol–water partition coefficient (Wildman–Crippen LogP) is 12.9. The molecule has 6 fully saturated rings. The van der Waals surface area contributed by atoms with E-state index in [0.717, 1.165) is 59.2 Å². The van der Waals surface area contributed by atoms with Crippen LogP contribution < -0.4 is 0 Å². The standard InChI is InChI=1S/C45H70/c1-10-11-21-45(31-19-15-16-20-31,30-17-13-12-14-18-30)40-34-28-38-36(41(2,3)22-24-43(38,6)7)26-32(34)33-27-37-39(29-35(33)40)44(8,9)25-23-42(37,4)5/h10,12-14,17-18,31-40H,1,11,15-16,19-29H2,2-9H3. The third kappa shape index (κ3) is 5.09. The van der Waals surface area contributed by atoms with Gasteiger partial charge < -0.3 is 0 Å². The van der Waals surface area contributed by atoms with Crippen LogP contribution in [0.2, 0.25) is 0 Å². The molecule has 1 aromatic rings. The number of allylic oxidation sites excluding steroid dienone is 1. The summed E-state index contributed by atoms with van der Waals surface area (Å²) in [4.78, 5) is 0. The Balaban J connectivity index is 1.41. The summed E-state index contributed by atoms with van der Waals surface area (Å²) < 4.78 is 0. The van der Waals surface area contributed by atoms with Crippen molar-refractivity contribution >= 4 is 0 Å². The summed E-state index contributed by atoms with van der Waals surface area (Å²) in [5.41, 5.74) is 3.96. The van der Waals surface area contributed by atoms with Crippen LogP contribution in [0.15, 0.2) is 43.0 Å². The van der Waals surface area contributed by atoms with Crippen molar-refractivity contribution in [3.05, 3.63) is 48.6 Å².